The fraction of sp³-hybridized carbons (Fsp3) is 0.381. The molecule has 26 heavy (non-hydrogen) atoms. The maximum Gasteiger partial charge on any atom is 0.220 e. The second-order valence-electron chi connectivity index (χ2n) is 6.86. The normalized spacial score (nSPS) is 17.8. The van der Waals surface area contributed by atoms with Crippen LogP contribution in [0.4, 0.5) is 4.39 Å². The lowest BCUT2D eigenvalue weighted by Crippen LogP contribution is -2.47. The van der Waals surface area contributed by atoms with E-state index in [1.807, 2.05) is 36.4 Å². The number of nitrogens with one attached hydrogen (secondary N) is 1. The van der Waals surface area contributed by atoms with Crippen molar-refractivity contribution < 1.29 is 9.18 Å². The van der Waals surface area contributed by atoms with Gasteiger partial charge in [-0.1, -0.05) is 41.9 Å². The van der Waals surface area contributed by atoms with E-state index in [2.05, 4.69) is 10.2 Å². The molecule has 0 saturated carbocycles. The molecule has 0 radical (unpaired) electrons. The van der Waals surface area contributed by atoms with Gasteiger partial charge in [0.2, 0.25) is 5.91 Å². The minimum Gasteiger partial charge on any atom is -0.352 e. The van der Waals surface area contributed by atoms with E-state index in [4.69, 9.17) is 11.6 Å². The van der Waals surface area contributed by atoms with Crippen LogP contribution < -0.4 is 5.32 Å². The summed E-state index contributed by atoms with van der Waals surface area (Å²) in [5.74, 6) is -0.108. The van der Waals surface area contributed by atoms with Crippen LogP contribution in [-0.4, -0.2) is 29.9 Å². The monoisotopic (exact) mass is 374 g/mol. The number of hydrogen-bond donors (Lipinski definition) is 1. The summed E-state index contributed by atoms with van der Waals surface area (Å²) in [6.07, 6.45) is 3.10. The summed E-state index contributed by atoms with van der Waals surface area (Å²) in [4.78, 5) is 14.5. The predicted octanol–water partition coefficient (Wildman–Crippen LogP) is 4.19. The van der Waals surface area contributed by atoms with E-state index in [1.54, 1.807) is 6.07 Å². The average molecular weight is 375 g/mol. The van der Waals surface area contributed by atoms with E-state index in [0.29, 0.717) is 30.0 Å². The Labute approximate surface area is 159 Å². The van der Waals surface area contributed by atoms with Crippen LogP contribution in [-0.2, 0) is 17.8 Å². The van der Waals surface area contributed by atoms with Crippen LogP contribution in [0.3, 0.4) is 0 Å². The number of aryl methyl sites for hydroxylation is 1. The van der Waals surface area contributed by atoms with E-state index in [1.165, 1.54) is 6.07 Å². The average Bonchev–Trinajstić information content (AvgIpc) is 2.62. The molecule has 0 aromatic heterocycles. The molecule has 1 fully saturated rings. The third-order valence-corrected chi connectivity index (χ3v) is 4.99. The number of halogens is 2. The third-order valence-electron chi connectivity index (χ3n) is 4.75. The van der Waals surface area contributed by atoms with Crippen molar-refractivity contribution in [1.82, 2.24) is 10.2 Å². The van der Waals surface area contributed by atoms with Gasteiger partial charge >= 0.3 is 0 Å². The van der Waals surface area contributed by atoms with Crippen LogP contribution >= 0.6 is 11.6 Å². The van der Waals surface area contributed by atoms with Gasteiger partial charge in [0.15, 0.2) is 0 Å². The summed E-state index contributed by atoms with van der Waals surface area (Å²) in [7, 11) is 0. The number of rotatable bonds is 6. The molecule has 0 unspecified atom stereocenters. The molecule has 2 aromatic carbocycles. The Morgan fingerprint density at radius 3 is 2.88 bits per heavy atom. The van der Waals surface area contributed by atoms with Crippen molar-refractivity contribution in [2.45, 2.75) is 38.3 Å². The number of piperidine rings is 1. The van der Waals surface area contributed by atoms with Crippen molar-refractivity contribution >= 4 is 17.5 Å². The van der Waals surface area contributed by atoms with Crippen LogP contribution in [0, 0.1) is 5.82 Å². The smallest absolute Gasteiger partial charge is 0.220 e. The molecule has 0 bridgehead atoms. The zero-order valence-corrected chi connectivity index (χ0v) is 15.5. The number of carbonyl (C=O) groups excluding carboxylic acids is 1. The second kappa shape index (κ2) is 9.15. The summed E-state index contributed by atoms with van der Waals surface area (Å²) < 4.78 is 13.8. The van der Waals surface area contributed by atoms with Crippen molar-refractivity contribution in [3.05, 3.63) is 70.5 Å². The summed E-state index contributed by atoms with van der Waals surface area (Å²) in [6, 6.07) is 14.6. The third kappa shape index (κ3) is 5.55. The number of amides is 1. The molecular formula is C21H24ClFN2O. The number of carbonyl (C=O) groups is 1. The van der Waals surface area contributed by atoms with Gasteiger partial charge in [0.25, 0.3) is 0 Å². The van der Waals surface area contributed by atoms with Crippen molar-refractivity contribution in [3.8, 4) is 0 Å². The lowest BCUT2D eigenvalue weighted by atomic mass is 10.0. The van der Waals surface area contributed by atoms with Crippen molar-refractivity contribution in [2.75, 3.05) is 13.1 Å². The van der Waals surface area contributed by atoms with Gasteiger partial charge in [-0.15, -0.1) is 0 Å². The van der Waals surface area contributed by atoms with Crippen LogP contribution in [0.15, 0.2) is 48.5 Å². The van der Waals surface area contributed by atoms with Gasteiger partial charge < -0.3 is 5.32 Å². The van der Waals surface area contributed by atoms with Gasteiger partial charge in [0, 0.05) is 36.1 Å². The fourth-order valence-corrected chi connectivity index (χ4v) is 3.65. The van der Waals surface area contributed by atoms with Gasteiger partial charge in [-0.3, -0.25) is 9.69 Å². The van der Waals surface area contributed by atoms with Crippen LogP contribution in [0.1, 0.15) is 30.4 Å². The number of likely N-dealkylation sites (tertiary alicyclic amines) is 1. The highest BCUT2D eigenvalue weighted by atomic mass is 35.5. The molecule has 1 heterocycles. The standard InChI is InChI=1S/C21H24ClFN2O/c22-18-7-3-5-16(13-18)10-11-21(26)24-19-8-4-12-25(15-19)14-17-6-1-2-9-20(17)23/h1-3,5-7,9,13,19H,4,8,10-12,14-15H2,(H,24,26)/t19-/m0/s1. The first kappa shape index (κ1) is 18.9. The van der Waals surface area contributed by atoms with Gasteiger partial charge in [0.1, 0.15) is 5.82 Å². The van der Waals surface area contributed by atoms with E-state index in [-0.39, 0.29) is 17.8 Å². The fourth-order valence-electron chi connectivity index (χ4n) is 3.43. The topological polar surface area (TPSA) is 32.3 Å². The maximum atomic E-state index is 13.8. The highest BCUT2D eigenvalue weighted by molar-refractivity contribution is 6.30. The van der Waals surface area contributed by atoms with Crippen molar-refractivity contribution in [1.29, 1.82) is 0 Å². The molecule has 1 N–H and O–H groups in total. The van der Waals surface area contributed by atoms with Gasteiger partial charge in [-0.25, -0.2) is 4.39 Å². The molecule has 138 valence electrons. The predicted molar refractivity (Wildman–Crippen MR) is 103 cm³/mol. The van der Waals surface area contributed by atoms with Gasteiger partial charge in [-0.05, 0) is 49.6 Å². The van der Waals surface area contributed by atoms with Gasteiger partial charge in [0.05, 0.1) is 0 Å². The number of benzene rings is 2. The summed E-state index contributed by atoms with van der Waals surface area (Å²) >= 11 is 5.98. The molecule has 0 spiro atoms. The van der Waals surface area contributed by atoms with E-state index >= 15 is 0 Å². The van der Waals surface area contributed by atoms with Crippen LogP contribution in [0.2, 0.25) is 5.02 Å². The molecule has 3 rings (SSSR count). The van der Waals surface area contributed by atoms with Crippen molar-refractivity contribution in [3.63, 3.8) is 0 Å². The first-order valence-corrected chi connectivity index (χ1v) is 9.47. The Hall–Kier alpha value is -1.91. The Balaban J connectivity index is 1.47. The first-order valence-electron chi connectivity index (χ1n) is 9.10. The second-order valence-corrected chi connectivity index (χ2v) is 7.30. The van der Waals surface area contributed by atoms with Gasteiger partial charge in [-0.2, -0.15) is 0 Å². The number of hydrogen-bond acceptors (Lipinski definition) is 2. The number of nitrogens with zero attached hydrogens (tertiary/aromatic N) is 1. The minimum atomic E-state index is -0.166. The van der Waals surface area contributed by atoms with E-state index in [0.717, 1.165) is 31.5 Å². The Morgan fingerprint density at radius 2 is 2.08 bits per heavy atom. The van der Waals surface area contributed by atoms with Crippen molar-refractivity contribution in [2.24, 2.45) is 0 Å². The Morgan fingerprint density at radius 1 is 1.23 bits per heavy atom. The highest BCUT2D eigenvalue weighted by Crippen LogP contribution is 2.16. The molecule has 1 aliphatic rings. The summed E-state index contributed by atoms with van der Waals surface area (Å²) in [5.41, 5.74) is 1.78. The molecule has 1 saturated heterocycles. The van der Waals surface area contributed by atoms with Crippen LogP contribution in [0.25, 0.3) is 0 Å². The molecule has 0 aliphatic carbocycles. The largest absolute Gasteiger partial charge is 0.352 e. The Kier molecular flexibility index (Phi) is 6.64. The SMILES string of the molecule is O=C(CCc1cccc(Cl)c1)N[C@H]1CCCN(Cc2ccccc2F)C1. The molecule has 1 aliphatic heterocycles. The minimum absolute atomic E-state index is 0.0581. The molecule has 5 heteroatoms. The quantitative estimate of drug-likeness (QED) is 0.822. The Bertz CT molecular complexity index is 752. The lowest BCUT2D eigenvalue weighted by molar-refractivity contribution is -0.122. The maximum absolute atomic E-state index is 13.8. The van der Waals surface area contributed by atoms with Crippen LogP contribution in [0.5, 0.6) is 0 Å². The van der Waals surface area contributed by atoms with E-state index in [9.17, 15) is 9.18 Å². The zero-order valence-electron chi connectivity index (χ0n) is 14.8. The molecule has 3 nitrogen and oxygen atoms in total. The molecule has 2 aromatic rings. The molecular weight excluding hydrogens is 351 g/mol. The lowest BCUT2D eigenvalue weighted by Gasteiger charge is -2.33. The summed E-state index contributed by atoms with van der Waals surface area (Å²) in [5, 5.41) is 3.82. The zero-order chi connectivity index (χ0) is 18.4. The summed E-state index contributed by atoms with van der Waals surface area (Å²) in [6.45, 7) is 2.28. The molecule has 1 atom stereocenters. The molecule has 1 amide bonds. The highest BCUT2D eigenvalue weighted by Gasteiger charge is 2.22. The van der Waals surface area contributed by atoms with E-state index < -0.39 is 0 Å². The first-order chi connectivity index (χ1) is 12.6.